The molecule has 3 aromatic rings. The summed E-state index contributed by atoms with van der Waals surface area (Å²) in [7, 11) is 0. The minimum absolute atomic E-state index is 0.346. The molecular weight excluding hydrogens is 268 g/mol. The normalized spacial score (nSPS) is 11.1. The first kappa shape index (κ1) is 11.9. The highest BCUT2D eigenvalue weighted by atomic mass is 35.5. The van der Waals surface area contributed by atoms with Gasteiger partial charge in [0, 0.05) is 12.1 Å². The Morgan fingerprint density at radius 3 is 2.95 bits per heavy atom. The van der Waals surface area contributed by atoms with Crippen molar-refractivity contribution in [3.63, 3.8) is 0 Å². The lowest BCUT2D eigenvalue weighted by Gasteiger charge is -2.08. The monoisotopic (exact) mass is 278 g/mol. The van der Waals surface area contributed by atoms with Crippen LogP contribution in [-0.4, -0.2) is 29.4 Å². The van der Waals surface area contributed by atoms with Gasteiger partial charge in [0.2, 0.25) is 5.88 Å². The average Bonchev–Trinajstić information content (AvgIpc) is 3.03. The van der Waals surface area contributed by atoms with E-state index in [1.807, 2.05) is 13.8 Å². The molecule has 0 aliphatic carbocycles. The number of hydrogen-bond acceptors (Lipinski definition) is 5. The first-order valence-corrected chi connectivity index (χ1v) is 6.13. The number of aryl methyl sites for hydroxylation is 1. The quantitative estimate of drug-likeness (QED) is 0.686. The van der Waals surface area contributed by atoms with Crippen molar-refractivity contribution in [2.24, 2.45) is 0 Å². The number of nitrogens with zero attached hydrogens (tertiary/aromatic N) is 6. The van der Waals surface area contributed by atoms with E-state index in [9.17, 15) is 0 Å². The van der Waals surface area contributed by atoms with E-state index in [2.05, 4.69) is 20.2 Å². The van der Waals surface area contributed by atoms with Crippen LogP contribution in [-0.2, 0) is 6.54 Å². The lowest BCUT2D eigenvalue weighted by molar-refractivity contribution is 0.441. The molecule has 19 heavy (non-hydrogen) atoms. The standard InChI is InChI=1S/C11H11ClN6O/c1-3-17-5-8(4-14-17)19-10-7(2)9(12)16-11-13-6-15-18(10)11/h4-6H,3H2,1-2H3. The zero-order valence-corrected chi connectivity index (χ0v) is 11.2. The SMILES string of the molecule is CCn1cc(Oc2c(C)c(Cl)nc3ncnn23)cn1. The van der Waals surface area contributed by atoms with Gasteiger partial charge in [-0.25, -0.2) is 0 Å². The molecule has 0 aromatic carbocycles. The molecule has 0 radical (unpaired) electrons. The van der Waals surface area contributed by atoms with Crippen molar-refractivity contribution in [1.82, 2.24) is 29.4 Å². The van der Waals surface area contributed by atoms with Gasteiger partial charge in [0.25, 0.3) is 5.78 Å². The second-order valence-electron chi connectivity index (χ2n) is 3.94. The summed E-state index contributed by atoms with van der Waals surface area (Å²) in [5.74, 6) is 1.50. The molecule has 0 saturated heterocycles. The summed E-state index contributed by atoms with van der Waals surface area (Å²) in [5.41, 5.74) is 0.698. The number of fused-ring (bicyclic) bond motifs is 1. The Labute approximate surface area is 113 Å². The summed E-state index contributed by atoms with van der Waals surface area (Å²) in [5, 5.41) is 8.57. The summed E-state index contributed by atoms with van der Waals surface area (Å²) < 4.78 is 9.07. The first-order chi connectivity index (χ1) is 9.19. The van der Waals surface area contributed by atoms with Crippen molar-refractivity contribution in [3.8, 4) is 11.6 Å². The molecule has 0 amide bonds. The van der Waals surface area contributed by atoms with Crippen molar-refractivity contribution in [3.05, 3.63) is 29.4 Å². The lowest BCUT2D eigenvalue weighted by atomic mass is 10.4. The molecule has 98 valence electrons. The highest BCUT2D eigenvalue weighted by molar-refractivity contribution is 6.30. The third-order valence-corrected chi connectivity index (χ3v) is 3.07. The van der Waals surface area contributed by atoms with E-state index in [4.69, 9.17) is 16.3 Å². The van der Waals surface area contributed by atoms with Crippen LogP contribution in [0.2, 0.25) is 5.15 Å². The van der Waals surface area contributed by atoms with E-state index < -0.39 is 0 Å². The Hall–Kier alpha value is -2.15. The van der Waals surface area contributed by atoms with E-state index in [-0.39, 0.29) is 0 Å². The van der Waals surface area contributed by atoms with Crippen LogP contribution in [0.4, 0.5) is 0 Å². The third kappa shape index (κ3) is 2.01. The molecule has 0 atom stereocenters. The molecule has 3 aromatic heterocycles. The maximum atomic E-state index is 6.06. The molecule has 3 rings (SSSR count). The summed E-state index contributed by atoms with van der Waals surface area (Å²) in [6, 6.07) is 0. The first-order valence-electron chi connectivity index (χ1n) is 5.75. The van der Waals surface area contributed by atoms with Crippen molar-refractivity contribution in [1.29, 1.82) is 0 Å². The summed E-state index contributed by atoms with van der Waals surface area (Å²) in [6.07, 6.45) is 4.84. The van der Waals surface area contributed by atoms with Crippen LogP contribution < -0.4 is 4.74 Å². The molecule has 0 aliphatic rings. The zero-order valence-electron chi connectivity index (χ0n) is 10.4. The van der Waals surface area contributed by atoms with Crippen LogP contribution in [0, 0.1) is 6.92 Å². The maximum absolute atomic E-state index is 6.06. The van der Waals surface area contributed by atoms with Crippen molar-refractivity contribution in [2.75, 3.05) is 0 Å². The van der Waals surface area contributed by atoms with Crippen LogP contribution in [0.3, 0.4) is 0 Å². The number of aromatic nitrogens is 6. The van der Waals surface area contributed by atoms with E-state index in [1.54, 1.807) is 17.1 Å². The van der Waals surface area contributed by atoms with Crippen molar-refractivity contribution >= 4 is 17.4 Å². The van der Waals surface area contributed by atoms with E-state index in [0.29, 0.717) is 28.1 Å². The second kappa shape index (κ2) is 4.51. The lowest BCUT2D eigenvalue weighted by Crippen LogP contribution is -2.01. The molecule has 3 heterocycles. The molecule has 0 N–H and O–H groups in total. The minimum atomic E-state index is 0.346. The summed E-state index contributed by atoms with van der Waals surface area (Å²) in [6.45, 7) is 4.59. The Balaban J connectivity index is 2.08. The predicted molar refractivity (Wildman–Crippen MR) is 68.5 cm³/mol. The summed E-state index contributed by atoms with van der Waals surface area (Å²) in [4.78, 5) is 8.11. The van der Waals surface area contributed by atoms with Gasteiger partial charge in [-0.1, -0.05) is 11.6 Å². The highest BCUT2D eigenvalue weighted by Gasteiger charge is 2.14. The number of halogens is 1. The Morgan fingerprint density at radius 1 is 1.37 bits per heavy atom. The minimum Gasteiger partial charge on any atom is -0.435 e. The molecule has 8 heteroatoms. The molecule has 0 bridgehead atoms. The number of rotatable bonds is 3. The van der Waals surface area contributed by atoms with Crippen LogP contribution >= 0.6 is 11.6 Å². The zero-order chi connectivity index (χ0) is 13.4. The van der Waals surface area contributed by atoms with Gasteiger partial charge < -0.3 is 4.74 Å². The van der Waals surface area contributed by atoms with Crippen LogP contribution in [0.5, 0.6) is 11.6 Å². The van der Waals surface area contributed by atoms with Crippen LogP contribution in [0.1, 0.15) is 12.5 Å². The Morgan fingerprint density at radius 2 is 2.21 bits per heavy atom. The van der Waals surface area contributed by atoms with Crippen molar-refractivity contribution in [2.45, 2.75) is 20.4 Å². The number of ether oxygens (including phenoxy) is 1. The Bertz CT molecular complexity index is 734. The van der Waals surface area contributed by atoms with Gasteiger partial charge in [0.05, 0.1) is 12.4 Å². The largest absolute Gasteiger partial charge is 0.435 e. The van der Waals surface area contributed by atoms with E-state index >= 15 is 0 Å². The third-order valence-electron chi connectivity index (χ3n) is 2.70. The average molecular weight is 279 g/mol. The molecule has 0 saturated carbocycles. The van der Waals surface area contributed by atoms with Gasteiger partial charge in [-0.15, -0.1) is 0 Å². The van der Waals surface area contributed by atoms with Crippen LogP contribution in [0.15, 0.2) is 18.7 Å². The topological polar surface area (TPSA) is 70.1 Å². The van der Waals surface area contributed by atoms with Gasteiger partial charge in [-0.3, -0.25) is 4.68 Å². The molecular formula is C11H11ClN6O. The maximum Gasteiger partial charge on any atom is 0.256 e. The summed E-state index contributed by atoms with van der Waals surface area (Å²) >= 11 is 6.06. The van der Waals surface area contributed by atoms with Gasteiger partial charge in [0.15, 0.2) is 5.75 Å². The fraction of sp³-hybridized carbons (Fsp3) is 0.273. The van der Waals surface area contributed by atoms with E-state index in [0.717, 1.165) is 6.54 Å². The molecule has 0 unspecified atom stereocenters. The predicted octanol–water partition coefficient (Wildman–Crippen LogP) is 2.09. The molecule has 0 fully saturated rings. The van der Waals surface area contributed by atoms with Gasteiger partial charge in [-0.05, 0) is 13.8 Å². The molecule has 0 aliphatic heterocycles. The fourth-order valence-electron chi connectivity index (χ4n) is 1.68. The van der Waals surface area contributed by atoms with Gasteiger partial charge >= 0.3 is 0 Å². The smallest absolute Gasteiger partial charge is 0.256 e. The fourth-order valence-corrected chi connectivity index (χ4v) is 1.83. The van der Waals surface area contributed by atoms with Gasteiger partial charge in [0.1, 0.15) is 11.5 Å². The highest BCUT2D eigenvalue weighted by Crippen LogP contribution is 2.28. The van der Waals surface area contributed by atoms with Crippen LogP contribution in [0.25, 0.3) is 5.78 Å². The van der Waals surface area contributed by atoms with E-state index in [1.165, 1.54) is 10.8 Å². The second-order valence-corrected chi connectivity index (χ2v) is 4.30. The van der Waals surface area contributed by atoms with Crippen molar-refractivity contribution < 1.29 is 4.74 Å². The Kier molecular flexibility index (Phi) is 2.83. The van der Waals surface area contributed by atoms with Gasteiger partial charge in [-0.2, -0.15) is 24.7 Å². The molecule has 7 nitrogen and oxygen atoms in total. The number of hydrogen-bond donors (Lipinski definition) is 0. The molecule has 0 spiro atoms.